The van der Waals surface area contributed by atoms with E-state index in [-0.39, 0.29) is 0 Å². The third-order valence-corrected chi connectivity index (χ3v) is 105. The van der Waals surface area contributed by atoms with Crippen molar-refractivity contribution in [1.82, 2.24) is 0 Å². The summed E-state index contributed by atoms with van der Waals surface area (Å²) in [6.07, 6.45) is 16.6. The predicted molar refractivity (Wildman–Crippen MR) is 97.5 cm³/mol. The Morgan fingerprint density at radius 3 is 1.35 bits per heavy atom. The average Bonchev–Trinajstić information content (AvgIpc) is 2.98. The third kappa shape index (κ3) is 1.82. The SMILES string of the molecule is [CH2]=[Zr]([C]1=CC=CC1)([C]1=CC=CC1)([Si](C)(C)C)[Si](C)(C)C. The molecule has 3 heteroatoms. The fraction of sp³-hybridized carbons (Fsp3) is 0.471. The summed E-state index contributed by atoms with van der Waals surface area (Å²) in [6.45, 7) is 15.7. The van der Waals surface area contributed by atoms with Gasteiger partial charge in [-0.15, -0.1) is 0 Å². The van der Waals surface area contributed by atoms with Crippen molar-refractivity contribution in [3.63, 3.8) is 0 Å². The van der Waals surface area contributed by atoms with Gasteiger partial charge in [0.25, 0.3) is 0 Å². The van der Waals surface area contributed by atoms with E-state index in [4.69, 9.17) is 4.21 Å². The maximum absolute atomic E-state index is 5.32. The van der Waals surface area contributed by atoms with Crippen molar-refractivity contribution in [3.8, 4) is 0 Å². The zero-order valence-corrected chi connectivity index (χ0v) is 18.5. The quantitative estimate of drug-likeness (QED) is 0.567. The zero-order chi connectivity index (χ0) is 15.3. The Bertz CT molecular complexity index is 548. The molecular weight excluding hydrogens is 352 g/mol. The van der Waals surface area contributed by atoms with Crippen molar-refractivity contribution in [2.24, 2.45) is 0 Å². The van der Waals surface area contributed by atoms with Crippen molar-refractivity contribution in [2.45, 2.75) is 52.1 Å². The second-order valence-corrected chi connectivity index (χ2v) is 66.1. The van der Waals surface area contributed by atoms with Gasteiger partial charge in [0.15, 0.2) is 0 Å². The molecule has 0 amide bonds. The summed E-state index contributed by atoms with van der Waals surface area (Å²) in [6, 6.07) is 0. The molecule has 0 radical (unpaired) electrons. The van der Waals surface area contributed by atoms with Crippen LogP contribution in [0.2, 0.25) is 39.3 Å². The van der Waals surface area contributed by atoms with Gasteiger partial charge in [-0.1, -0.05) is 0 Å². The molecule has 0 saturated heterocycles. The maximum atomic E-state index is 5.32. The first kappa shape index (κ1) is 16.5. The molecule has 0 nitrogen and oxygen atoms in total. The number of hydrogen-bond donors (Lipinski definition) is 0. The fourth-order valence-corrected chi connectivity index (χ4v) is 106. The standard InChI is InChI=1S/2C5H5.2C3H9Si.CH2.Zr/c2*1-2-4-5-3-1;2*1-4(2)3;;/h2*1-3H,4H2;2*1-3H3;1H2;. The summed E-state index contributed by atoms with van der Waals surface area (Å²) in [5.74, 6) is 0. The van der Waals surface area contributed by atoms with Crippen molar-refractivity contribution >= 4 is 14.6 Å². The molecule has 20 heavy (non-hydrogen) atoms. The van der Waals surface area contributed by atoms with Gasteiger partial charge in [-0.3, -0.25) is 0 Å². The van der Waals surface area contributed by atoms with Crippen LogP contribution in [0.3, 0.4) is 0 Å². The van der Waals surface area contributed by atoms with Crippen LogP contribution in [0.4, 0.5) is 0 Å². The summed E-state index contributed by atoms with van der Waals surface area (Å²) >= 11 is -3.36. The van der Waals surface area contributed by atoms with Crippen LogP contribution in [0.1, 0.15) is 12.8 Å². The van der Waals surface area contributed by atoms with E-state index < -0.39 is 27.0 Å². The van der Waals surface area contributed by atoms with Gasteiger partial charge in [-0.05, 0) is 0 Å². The summed E-state index contributed by atoms with van der Waals surface area (Å²) in [7, 11) is 0. The molecule has 2 rings (SSSR count). The van der Waals surface area contributed by atoms with Gasteiger partial charge in [0.2, 0.25) is 0 Å². The molecule has 0 N–H and O–H groups in total. The Kier molecular flexibility index (Phi) is 3.99. The van der Waals surface area contributed by atoms with Crippen LogP contribution in [0.15, 0.2) is 43.0 Å². The Morgan fingerprint density at radius 2 is 1.15 bits per heavy atom. The normalized spacial score (nSPS) is 20.4. The zero-order valence-electron chi connectivity index (χ0n) is 14.1. The Balaban J connectivity index is 2.87. The second-order valence-electron chi connectivity index (χ2n) is 8.61. The van der Waals surface area contributed by atoms with Gasteiger partial charge in [0.05, 0.1) is 0 Å². The Morgan fingerprint density at radius 1 is 0.800 bits per heavy atom. The summed E-state index contributed by atoms with van der Waals surface area (Å²) < 4.78 is 8.91. The molecule has 0 heterocycles. The van der Waals surface area contributed by atoms with E-state index in [0.717, 1.165) is 0 Å². The molecule has 0 aromatic carbocycles. The summed E-state index contributed by atoms with van der Waals surface area (Å²) in [5, 5.41) is -2.77. The number of hydrogen-bond acceptors (Lipinski definition) is 0. The molecule has 0 aromatic heterocycles. The van der Waals surface area contributed by atoms with Crippen LogP contribution in [0.5, 0.6) is 0 Å². The van der Waals surface area contributed by atoms with E-state index in [1.54, 1.807) is 6.56 Å². The van der Waals surface area contributed by atoms with Gasteiger partial charge in [0.1, 0.15) is 0 Å². The van der Waals surface area contributed by atoms with Gasteiger partial charge in [-0.25, -0.2) is 0 Å². The van der Waals surface area contributed by atoms with Crippen LogP contribution in [-0.2, 0) is 16.6 Å². The molecule has 110 valence electrons. The molecule has 0 unspecified atom stereocenters. The molecule has 0 saturated carbocycles. The Hall–Kier alpha value is 0.147. The van der Waals surface area contributed by atoms with E-state index in [1.807, 2.05) is 0 Å². The summed E-state index contributed by atoms with van der Waals surface area (Å²) in [4.78, 5) is 0. The van der Waals surface area contributed by atoms with Gasteiger partial charge >= 0.3 is 126 Å². The topological polar surface area (TPSA) is 0 Å². The molecule has 0 spiro atoms. The van der Waals surface area contributed by atoms with Gasteiger partial charge in [0, 0.05) is 0 Å². The first-order chi connectivity index (χ1) is 9.04. The third-order valence-electron chi connectivity index (χ3n) is 6.27. The van der Waals surface area contributed by atoms with E-state index in [1.165, 1.54) is 12.8 Å². The Labute approximate surface area is 125 Å². The van der Waals surface area contributed by atoms with Crippen LogP contribution in [0.25, 0.3) is 0 Å². The molecule has 0 aliphatic heterocycles. The fourth-order valence-electron chi connectivity index (χ4n) is 4.97. The summed E-state index contributed by atoms with van der Waals surface area (Å²) in [5.41, 5.74) is 0. The molecule has 2 aliphatic rings. The van der Waals surface area contributed by atoms with E-state index in [0.29, 0.717) is 0 Å². The van der Waals surface area contributed by atoms with Crippen LogP contribution in [0, 0.1) is 0 Å². The van der Waals surface area contributed by atoms with E-state index >= 15 is 0 Å². The van der Waals surface area contributed by atoms with E-state index in [2.05, 4.69) is 75.7 Å². The van der Waals surface area contributed by atoms with Crippen molar-refractivity contribution in [3.05, 3.63) is 43.0 Å². The van der Waals surface area contributed by atoms with Crippen molar-refractivity contribution < 1.29 is 16.6 Å². The molecule has 0 fully saturated rings. The predicted octanol–water partition coefficient (Wildman–Crippen LogP) is 5.47. The second kappa shape index (κ2) is 4.83. The van der Waals surface area contributed by atoms with Gasteiger partial charge < -0.3 is 0 Å². The van der Waals surface area contributed by atoms with Crippen LogP contribution in [-0.4, -0.2) is 14.6 Å². The van der Waals surface area contributed by atoms with Gasteiger partial charge in [-0.2, -0.15) is 0 Å². The van der Waals surface area contributed by atoms with Crippen LogP contribution < -0.4 is 0 Å². The molecular formula is C17H30Si2Zr. The minimum atomic E-state index is -3.36. The molecule has 0 atom stereocenters. The number of rotatable bonds is 4. The first-order valence-electron chi connectivity index (χ1n) is 7.79. The first-order valence-corrected chi connectivity index (χ1v) is 26.4. The minimum absolute atomic E-state index is 1.18. The molecule has 0 bridgehead atoms. The molecule has 2 aliphatic carbocycles. The van der Waals surface area contributed by atoms with Crippen LogP contribution >= 0.6 is 0 Å². The monoisotopic (exact) mass is 380 g/mol. The average molecular weight is 382 g/mol. The number of allylic oxidation sites excluding steroid dienone is 8. The van der Waals surface area contributed by atoms with Crippen molar-refractivity contribution in [1.29, 1.82) is 0 Å². The molecule has 0 aromatic rings. The van der Waals surface area contributed by atoms with Crippen molar-refractivity contribution in [2.75, 3.05) is 0 Å². The van der Waals surface area contributed by atoms with E-state index in [9.17, 15) is 0 Å².